The van der Waals surface area contributed by atoms with Gasteiger partial charge in [-0.25, -0.2) is 4.39 Å². The van der Waals surface area contributed by atoms with E-state index in [0.29, 0.717) is 12.1 Å². The number of likely N-dealkylation sites (tertiary alicyclic amines) is 1. The normalized spacial score (nSPS) is 24.0. The molecule has 1 aromatic heterocycles. The molecule has 1 amide bonds. The summed E-state index contributed by atoms with van der Waals surface area (Å²) in [7, 11) is 0. The Labute approximate surface area is 194 Å². The van der Waals surface area contributed by atoms with Crippen molar-refractivity contribution in [3.63, 3.8) is 0 Å². The van der Waals surface area contributed by atoms with Gasteiger partial charge in [0.05, 0.1) is 36.5 Å². The molecule has 3 aliphatic rings. The third kappa shape index (κ3) is 4.02. The highest BCUT2D eigenvalue weighted by atomic mass is 19.4. The van der Waals surface area contributed by atoms with E-state index in [1.54, 1.807) is 0 Å². The second kappa shape index (κ2) is 7.66. The van der Waals surface area contributed by atoms with Crippen molar-refractivity contribution in [1.29, 1.82) is 0 Å². The van der Waals surface area contributed by atoms with Crippen LogP contribution >= 0.6 is 0 Å². The van der Waals surface area contributed by atoms with E-state index in [-0.39, 0.29) is 41.9 Å². The van der Waals surface area contributed by atoms with Crippen LogP contribution in [0, 0.1) is 5.92 Å². The number of pyridine rings is 1. The summed E-state index contributed by atoms with van der Waals surface area (Å²) in [5.74, 6) is -0.133. The van der Waals surface area contributed by atoms with Gasteiger partial charge in [0.15, 0.2) is 5.67 Å². The average Bonchev–Trinajstić information content (AvgIpc) is 3.53. The monoisotopic (exact) mass is 501 g/mol. The van der Waals surface area contributed by atoms with Gasteiger partial charge in [0.1, 0.15) is 0 Å². The Morgan fingerprint density at radius 3 is 2.34 bits per heavy atom. The first-order valence-electron chi connectivity index (χ1n) is 10.8. The second-order valence-electron chi connectivity index (χ2n) is 9.08. The predicted octanol–water partition coefficient (Wildman–Crippen LogP) is 5.10. The molecule has 0 spiro atoms. The number of rotatable bonds is 4. The number of nitrogens with zero attached hydrogens (tertiary/aromatic N) is 3. The smallest absolute Gasteiger partial charge is 0.374 e. The van der Waals surface area contributed by atoms with Crippen LogP contribution < -0.4 is 0 Å². The number of carbonyl (C=O) groups excluding carboxylic acids is 1. The fraction of sp³-hybridized carbons (Fsp3) is 0.435. The minimum Gasteiger partial charge on any atom is -0.374 e. The highest BCUT2D eigenvalue weighted by Crippen LogP contribution is 2.49. The Morgan fingerprint density at radius 1 is 1.06 bits per heavy atom. The van der Waals surface area contributed by atoms with Crippen LogP contribution in [0.4, 0.5) is 30.7 Å². The molecule has 2 aliphatic heterocycles. The molecule has 35 heavy (non-hydrogen) atoms. The van der Waals surface area contributed by atoms with E-state index in [4.69, 9.17) is 4.84 Å². The molecule has 12 heteroatoms. The first-order valence-corrected chi connectivity index (χ1v) is 10.8. The van der Waals surface area contributed by atoms with Gasteiger partial charge in [-0.3, -0.25) is 9.78 Å². The van der Waals surface area contributed by atoms with Gasteiger partial charge in [-0.05, 0) is 37.1 Å². The number of oxime groups is 1. The number of halogens is 7. The van der Waals surface area contributed by atoms with E-state index in [1.165, 1.54) is 17.0 Å². The lowest BCUT2D eigenvalue weighted by atomic mass is 9.85. The van der Waals surface area contributed by atoms with E-state index in [0.717, 1.165) is 31.2 Å². The molecule has 3 heterocycles. The van der Waals surface area contributed by atoms with Gasteiger partial charge >= 0.3 is 12.4 Å². The van der Waals surface area contributed by atoms with E-state index in [9.17, 15) is 31.1 Å². The van der Waals surface area contributed by atoms with Crippen molar-refractivity contribution in [2.24, 2.45) is 11.1 Å². The van der Waals surface area contributed by atoms with Gasteiger partial charge in [0, 0.05) is 23.2 Å². The zero-order valence-electron chi connectivity index (χ0n) is 18.0. The van der Waals surface area contributed by atoms with Crippen molar-refractivity contribution < 1.29 is 40.4 Å². The zero-order valence-corrected chi connectivity index (χ0v) is 18.0. The van der Waals surface area contributed by atoms with E-state index < -0.39 is 41.2 Å². The van der Waals surface area contributed by atoms with Crippen molar-refractivity contribution in [2.45, 2.75) is 42.9 Å². The largest absolute Gasteiger partial charge is 0.435 e. The van der Waals surface area contributed by atoms with Crippen LogP contribution in [0.5, 0.6) is 0 Å². The second-order valence-corrected chi connectivity index (χ2v) is 9.08. The third-order valence-electron chi connectivity index (χ3n) is 6.52. The fourth-order valence-corrected chi connectivity index (χ4v) is 4.30. The van der Waals surface area contributed by atoms with Crippen LogP contribution in [0.2, 0.25) is 0 Å². The lowest BCUT2D eigenvalue weighted by Crippen LogP contribution is -2.59. The van der Waals surface area contributed by atoms with E-state index in [2.05, 4.69) is 10.1 Å². The maximum atomic E-state index is 15.1. The summed E-state index contributed by atoms with van der Waals surface area (Å²) in [6, 6.07) is 5.47. The lowest BCUT2D eigenvalue weighted by molar-refractivity contribution is -0.276. The van der Waals surface area contributed by atoms with Gasteiger partial charge < -0.3 is 9.74 Å². The van der Waals surface area contributed by atoms with Crippen LogP contribution in [-0.4, -0.2) is 40.8 Å². The van der Waals surface area contributed by atoms with Crippen molar-refractivity contribution in [1.82, 2.24) is 9.88 Å². The number of amides is 1. The zero-order chi connectivity index (χ0) is 25.2. The van der Waals surface area contributed by atoms with Gasteiger partial charge in [-0.1, -0.05) is 17.3 Å². The SMILES string of the molecule is O=C(C1CC1)N1CC(F)(c2ccc(C3=NOC(c4cccc(C(F)(F)F)c4)(C(F)(F)F)C3)cn2)C1. The topological polar surface area (TPSA) is 54.8 Å². The van der Waals surface area contributed by atoms with E-state index in [1.807, 2.05) is 0 Å². The number of hydrogen-bond donors (Lipinski definition) is 0. The Balaban J connectivity index is 1.35. The number of benzene rings is 1. The lowest BCUT2D eigenvalue weighted by Gasteiger charge is -2.44. The van der Waals surface area contributed by atoms with E-state index >= 15 is 4.39 Å². The van der Waals surface area contributed by atoms with Crippen LogP contribution in [0.3, 0.4) is 0 Å². The first kappa shape index (κ1) is 23.6. The molecule has 0 N–H and O–H groups in total. The maximum absolute atomic E-state index is 15.1. The van der Waals surface area contributed by atoms with Crippen LogP contribution in [0.25, 0.3) is 0 Å². The number of alkyl halides is 7. The van der Waals surface area contributed by atoms with Crippen molar-refractivity contribution in [3.8, 4) is 0 Å². The molecule has 0 bridgehead atoms. The van der Waals surface area contributed by atoms with Crippen LogP contribution in [0.15, 0.2) is 47.8 Å². The molecule has 1 unspecified atom stereocenters. The average molecular weight is 501 g/mol. The Kier molecular flexibility index (Phi) is 5.15. The first-order chi connectivity index (χ1) is 16.3. The Morgan fingerprint density at radius 2 is 1.77 bits per heavy atom. The Hall–Kier alpha value is -3.18. The molecule has 1 saturated carbocycles. The number of hydrogen-bond acceptors (Lipinski definition) is 4. The van der Waals surface area contributed by atoms with Crippen molar-refractivity contribution in [3.05, 3.63) is 65.0 Å². The summed E-state index contributed by atoms with van der Waals surface area (Å²) in [4.78, 5) is 22.2. The maximum Gasteiger partial charge on any atom is 0.435 e. The molecule has 186 valence electrons. The highest BCUT2D eigenvalue weighted by molar-refractivity contribution is 6.01. The Bertz CT molecular complexity index is 1180. The molecule has 2 fully saturated rings. The number of carbonyl (C=O) groups is 1. The molecule has 1 saturated heterocycles. The third-order valence-corrected chi connectivity index (χ3v) is 6.52. The quantitative estimate of drug-likeness (QED) is 0.548. The molecule has 5 nitrogen and oxygen atoms in total. The summed E-state index contributed by atoms with van der Waals surface area (Å²) in [6.45, 7) is -0.295. The minimum atomic E-state index is -5.08. The molecular weight excluding hydrogens is 483 g/mol. The molecule has 1 aromatic carbocycles. The van der Waals surface area contributed by atoms with Crippen LogP contribution in [-0.2, 0) is 27.1 Å². The van der Waals surface area contributed by atoms with Gasteiger partial charge in [0.25, 0.3) is 5.60 Å². The summed E-state index contributed by atoms with van der Waals surface area (Å²) < 4.78 is 96.6. The molecule has 1 atom stereocenters. The van der Waals surface area contributed by atoms with Crippen molar-refractivity contribution >= 4 is 11.6 Å². The van der Waals surface area contributed by atoms with Gasteiger partial charge in [0.2, 0.25) is 5.91 Å². The summed E-state index contributed by atoms with van der Waals surface area (Å²) in [5, 5.41) is 3.51. The van der Waals surface area contributed by atoms with Gasteiger partial charge in [-0.2, -0.15) is 26.3 Å². The standard InChI is InChI=1S/C23H18F7N3O2/c24-20(11-33(12-20)19(34)13-4-5-13)18-7-6-14(10-31-18)17-9-21(35-32-17,23(28,29)30)15-2-1-3-16(8-15)22(25,26)27/h1-3,6-8,10,13H,4-5,9,11-12H2. The molecule has 5 rings (SSSR count). The van der Waals surface area contributed by atoms with Gasteiger partial charge in [-0.15, -0.1) is 0 Å². The predicted molar refractivity (Wildman–Crippen MR) is 108 cm³/mol. The molecular formula is C23H18F7N3O2. The molecule has 2 aromatic rings. The molecule has 1 aliphatic carbocycles. The summed E-state index contributed by atoms with van der Waals surface area (Å²) >= 11 is 0. The summed E-state index contributed by atoms with van der Waals surface area (Å²) in [5.41, 5.74) is -7.00. The van der Waals surface area contributed by atoms with Crippen molar-refractivity contribution in [2.75, 3.05) is 13.1 Å². The minimum absolute atomic E-state index is 0.0283. The number of aromatic nitrogens is 1. The molecule has 0 radical (unpaired) electrons. The fourth-order valence-electron chi connectivity index (χ4n) is 4.30. The van der Waals surface area contributed by atoms with Crippen LogP contribution in [0.1, 0.15) is 41.6 Å². The summed E-state index contributed by atoms with van der Waals surface area (Å²) in [6.07, 6.45) is -8.07. The highest BCUT2D eigenvalue weighted by Gasteiger charge is 2.62.